The highest BCUT2D eigenvalue weighted by atomic mass is 35.5. The number of benzene rings is 3. The van der Waals surface area contributed by atoms with Crippen LogP contribution >= 0.6 is 11.6 Å². The molecule has 148 valence electrons. The molecule has 0 radical (unpaired) electrons. The third-order valence-electron chi connectivity index (χ3n) is 4.89. The summed E-state index contributed by atoms with van der Waals surface area (Å²) in [5.41, 5.74) is 4.74. The SMILES string of the molecule is O=C(N=[N+]=NCCc1c[nH]c2ccc(Cl)cc12)c1ccccc1Cc1ccccc1. The second kappa shape index (κ2) is 9.31. The summed E-state index contributed by atoms with van der Waals surface area (Å²) in [6.07, 6.45) is 3.29. The monoisotopic (exact) mass is 415 g/mol. The molecule has 0 atom stereocenters. The number of H-pyrrole nitrogens is 1. The minimum absolute atomic E-state index is 0.385. The Morgan fingerprint density at radius 3 is 2.63 bits per heavy atom. The first-order valence-corrected chi connectivity index (χ1v) is 10.1. The molecule has 1 amide bonds. The van der Waals surface area contributed by atoms with Gasteiger partial charge in [0.1, 0.15) is 11.7 Å². The van der Waals surface area contributed by atoms with Crippen molar-refractivity contribution in [3.63, 3.8) is 0 Å². The number of aromatic amines is 1. The van der Waals surface area contributed by atoms with Gasteiger partial charge in [-0.3, -0.25) is 4.79 Å². The Hall–Kier alpha value is -3.53. The van der Waals surface area contributed by atoms with E-state index in [1.807, 2.05) is 72.9 Å². The summed E-state index contributed by atoms with van der Waals surface area (Å²) < 4.78 is 0. The van der Waals surface area contributed by atoms with Crippen molar-refractivity contribution in [1.82, 2.24) is 9.90 Å². The Morgan fingerprint density at radius 2 is 1.77 bits per heavy atom. The normalized spacial score (nSPS) is 10.6. The fourth-order valence-electron chi connectivity index (χ4n) is 3.40. The van der Waals surface area contributed by atoms with Crippen LogP contribution in [-0.4, -0.2) is 17.4 Å². The molecule has 0 spiro atoms. The van der Waals surface area contributed by atoms with Gasteiger partial charge in [-0.2, -0.15) is 0 Å². The molecule has 5 nitrogen and oxygen atoms in total. The van der Waals surface area contributed by atoms with Crippen molar-refractivity contribution < 1.29 is 4.79 Å². The fraction of sp³-hybridized carbons (Fsp3) is 0.125. The van der Waals surface area contributed by atoms with Gasteiger partial charge in [0.15, 0.2) is 0 Å². The zero-order valence-electron chi connectivity index (χ0n) is 16.3. The smallest absolute Gasteiger partial charge is 0.360 e. The first-order chi connectivity index (χ1) is 14.7. The van der Waals surface area contributed by atoms with E-state index in [0.717, 1.165) is 27.6 Å². The molecule has 0 aliphatic heterocycles. The van der Waals surface area contributed by atoms with Gasteiger partial charge in [0.2, 0.25) is 10.0 Å². The van der Waals surface area contributed by atoms with Crippen LogP contribution in [0, 0.1) is 0 Å². The van der Waals surface area contributed by atoms with Gasteiger partial charge in [-0.15, -0.1) is 0 Å². The zero-order valence-corrected chi connectivity index (χ0v) is 17.0. The van der Waals surface area contributed by atoms with E-state index in [4.69, 9.17) is 11.6 Å². The lowest BCUT2D eigenvalue weighted by Crippen LogP contribution is -2.02. The molecular formula is C24H20ClN4O+. The van der Waals surface area contributed by atoms with Gasteiger partial charge in [-0.25, -0.2) is 0 Å². The van der Waals surface area contributed by atoms with Crippen molar-refractivity contribution in [3.05, 3.63) is 106 Å². The molecule has 0 aliphatic rings. The first-order valence-electron chi connectivity index (χ1n) is 9.70. The number of rotatable bonds is 6. The van der Waals surface area contributed by atoms with Crippen LogP contribution in [0.3, 0.4) is 0 Å². The minimum atomic E-state index is -0.385. The minimum Gasteiger partial charge on any atom is -0.361 e. The number of aromatic nitrogens is 1. The van der Waals surface area contributed by atoms with Crippen LogP contribution in [0.25, 0.3) is 10.9 Å². The summed E-state index contributed by atoms with van der Waals surface area (Å²) in [6, 6.07) is 23.2. The molecule has 1 heterocycles. The summed E-state index contributed by atoms with van der Waals surface area (Å²) in [7, 11) is 0. The largest absolute Gasteiger partial charge is 0.361 e. The Balaban J connectivity index is 1.42. The lowest BCUT2D eigenvalue weighted by Gasteiger charge is -2.04. The zero-order chi connectivity index (χ0) is 20.8. The van der Waals surface area contributed by atoms with Crippen molar-refractivity contribution in [3.8, 4) is 0 Å². The van der Waals surface area contributed by atoms with Crippen LogP contribution in [-0.2, 0) is 12.8 Å². The highest BCUT2D eigenvalue weighted by Gasteiger charge is 2.14. The van der Waals surface area contributed by atoms with E-state index in [1.165, 1.54) is 0 Å². The third-order valence-corrected chi connectivity index (χ3v) is 5.13. The molecule has 6 heteroatoms. The van der Waals surface area contributed by atoms with Gasteiger partial charge in [0, 0.05) is 28.5 Å². The van der Waals surface area contributed by atoms with Crippen LogP contribution < -0.4 is 4.91 Å². The van der Waals surface area contributed by atoms with Crippen molar-refractivity contribution in [2.24, 2.45) is 10.2 Å². The number of amides is 1. The molecule has 0 aliphatic carbocycles. The Morgan fingerprint density at radius 1 is 0.967 bits per heavy atom. The van der Waals surface area contributed by atoms with E-state index in [2.05, 4.69) is 20.1 Å². The van der Waals surface area contributed by atoms with E-state index < -0.39 is 0 Å². The summed E-state index contributed by atoms with van der Waals surface area (Å²) >= 11 is 6.08. The van der Waals surface area contributed by atoms with Crippen molar-refractivity contribution in [1.29, 1.82) is 0 Å². The molecule has 3 aromatic carbocycles. The van der Waals surface area contributed by atoms with Crippen LogP contribution in [0.4, 0.5) is 0 Å². The maximum absolute atomic E-state index is 12.5. The van der Waals surface area contributed by atoms with E-state index in [0.29, 0.717) is 30.0 Å². The lowest BCUT2D eigenvalue weighted by molar-refractivity contribution is 0.0991. The second-order valence-corrected chi connectivity index (χ2v) is 7.37. The number of hydrogen-bond donors (Lipinski definition) is 1. The van der Waals surface area contributed by atoms with Gasteiger partial charge in [0.05, 0.1) is 5.56 Å². The van der Waals surface area contributed by atoms with E-state index in [9.17, 15) is 4.79 Å². The molecular weight excluding hydrogens is 396 g/mol. The number of hydrogen-bond acceptors (Lipinski definition) is 2. The van der Waals surface area contributed by atoms with Crippen LogP contribution in [0.15, 0.2) is 89.2 Å². The molecule has 0 saturated heterocycles. The molecule has 0 fully saturated rings. The van der Waals surface area contributed by atoms with Gasteiger partial charge < -0.3 is 4.98 Å². The molecule has 1 aromatic heterocycles. The van der Waals surface area contributed by atoms with Crippen LogP contribution in [0.1, 0.15) is 27.0 Å². The average Bonchev–Trinajstić information content (AvgIpc) is 3.16. The molecule has 4 rings (SSSR count). The number of fused-ring (bicyclic) bond motifs is 1. The lowest BCUT2D eigenvalue weighted by atomic mass is 9.99. The highest BCUT2D eigenvalue weighted by molar-refractivity contribution is 6.31. The average molecular weight is 416 g/mol. The van der Waals surface area contributed by atoms with E-state index in [-0.39, 0.29) is 5.91 Å². The number of nitrogens with one attached hydrogen (secondary N) is 1. The maximum Gasteiger partial charge on any atom is 0.360 e. The Kier molecular flexibility index (Phi) is 6.14. The summed E-state index contributed by atoms with van der Waals surface area (Å²) in [6.45, 7) is 0.432. The summed E-state index contributed by atoms with van der Waals surface area (Å²) in [5, 5.41) is 9.59. The van der Waals surface area contributed by atoms with Gasteiger partial charge in [-0.1, -0.05) is 60.1 Å². The number of nitrogens with zero attached hydrogens (tertiary/aromatic N) is 3. The van der Waals surface area contributed by atoms with Crippen molar-refractivity contribution in [2.75, 3.05) is 6.54 Å². The Bertz CT molecular complexity index is 1240. The van der Waals surface area contributed by atoms with Crippen LogP contribution in [0.2, 0.25) is 5.02 Å². The summed E-state index contributed by atoms with van der Waals surface area (Å²) in [4.78, 5) is 19.5. The Labute approximate surface area is 179 Å². The molecule has 0 saturated carbocycles. The standard InChI is InChI=1S/C24H19ClN4O/c25-20-10-11-23-22(15-20)19(16-26-23)12-13-27-29-28-24(30)21-9-5-4-8-18(21)14-17-6-2-1-3-7-17/h1-11,15-16H,12-14H2/p+1. The fourth-order valence-corrected chi connectivity index (χ4v) is 3.57. The van der Waals surface area contributed by atoms with Gasteiger partial charge in [0.25, 0.3) is 0 Å². The van der Waals surface area contributed by atoms with Gasteiger partial charge in [-0.05, 0) is 47.4 Å². The predicted molar refractivity (Wildman–Crippen MR) is 119 cm³/mol. The molecule has 1 N–H and O–H groups in total. The highest BCUT2D eigenvalue weighted by Crippen LogP contribution is 2.22. The van der Waals surface area contributed by atoms with Crippen molar-refractivity contribution in [2.45, 2.75) is 12.8 Å². The molecule has 4 aromatic rings. The third kappa shape index (κ3) is 4.71. The van der Waals surface area contributed by atoms with Gasteiger partial charge >= 0.3 is 5.91 Å². The number of carbonyl (C=O) groups excluding carboxylic acids is 1. The van der Waals surface area contributed by atoms with E-state index in [1.54, 1.807) is 6.07 Å². The molecule has 30 heavy (non-hydrogen) atoms. The number of carbonyl (C=O) groups is 1. The second-order valence-electron chi connectivity index (χ2n) is 6.93. The van der Waals surface area contributed by atoms with Crippen molar-refractivity contribution >= 4 is 28.4 Å². The predicted octanol–water partition coefficient (Wildman–Crippen LogP) is 5.77. The van der Waals surface area contributed by atoms with Crippen LogP contribution in [0.5, 0.6) is 0 Å². The number of halogens is 1. The quantitative estimate of drug-likeness (QED) is 0.315. The van der Waals surface area contributed by atoms with E-state index >= 15 is 0 Å². The maximum atomic E-state index is 12.5. The topological polar surface area (TPSA) is 71.7 Å². The molecule has 0 unspecified atom stereocenters. The first kappa shape index (κ1) is 19.8. The summed E-state index contributed by atoms with van der Waals surface area (Å²) in [5.74, 6) is -0.385. The molecule has 0 bridgehead atoms.